The third-order valence-electron chi connectivity index (χ3n) is 3.52. The summed E-state index contributed by atoms with van der Waals surface area (Å²) in [6.45, 7) is 1.43. The first-order valence-electron chi connectivity index (χ1n) is 6.42. The lowest BCUT2D eigenvalue weighted by atomic mass is 9.99. The Balaban J connectivity index is 2.25. The van der Waals surface area contributed by atoms with E-state index in [-0.39, 0.29) is 17.3 Å². The maximum Gasteiger partial charge on any atom is 0.164 e. The van der Waals surface area contributed by atoms with Gasteiger partial charge in [0, 0.05) is 21.4 Å². The molecule has 0 saturated heterocycles. The molecule has 0 bridgehead atoms. The summed E-state index contributed by atoms with van der Waals surface area (Å²) in [4.78, 5) is 13.6. The Morgan fingerprint density at radius 1 is 1.15 bits per heavy atom. The van der Waals surface area contributed by atoms with Gasteiger partial charge >= 0.3 is 0 Å². The topological polar surface area (TPSA) is 57.5 Å². The number of aromatic hydroxyl groups is 2. The number of hydrogen-bond acceptors (Lipinski definition) is 4. The highest BCUT2D eigenvalue weighted by Crippen LogP contribution is 2.45. The Morgan fingerprint density at radius 2 is 1.90 bits per heavy atom. The zero-order valence-electron chi connectivity index (χ0n) is 11.0. The molecule has 0 aromatic heterocycles. The third-order valence-corrected chi connectivity index (χ3v) is 4.79. The first-order chi connectivity index (χ1) is 9.58. The Hall–Kier alpha value is -1.94. The number of aryl methyl sites for hydroxylation is 1. The van der Waals surface area contributed by atoms with Gasteiger partial charge in [-0.1, -0.05) is 30.0 Å². The zero-order valence-corrected chi connectivity index (χ0v) is 11.8. The van der Waals surface area contributed by atoms with Crippen molar-refractivity contribution in [2.24, 2.45) is 0 Å². The summed E-state index contributed by atoms with van der Waals surface area (Å²) < 4.78 is 0. The molecule has 3 rings (SSSR count). The van der Waals surface area contributed by atoms with Gasteiger partial charge in [-0.2, -0.15) is 0 Å². The summed E-state index contributed by atoms with van der Waals surface area (Å²) in [5.74, 6) is -0.283. The number of Topliss-reactive ketones (excluding diaryl/α,β-unsaturated/α-hetero) is 1. The average molecular weight is 286 g/mol. The van der Waals surface area contributed by atoms with Gasteiger partial charge in [0.15, 0.2) is 5.78 Å². The molecular formula is C16H14O3S. The highest BCUT2D eigenvalue weighted by molar-refractivity contribution is 7.99. The van der Waals surface area contributed by atoms with Crippen LogP contribution in [0.1, 0.15) is 28.4 Å². The van der Waals surface area contributed by atoms with Crippen LogP contribution in [0.4, 0.5) is 0 Å². The number of hydrogen-bond donors (Lipinski definition) is 2. The molecule has 3 nitrogen and oxygen atoms in total. The molecule has 102 valence electrons. The Bertz CT molecular complexity index is 707. The fourth-order valence-corrected chi connectivity index (χ4v) is 3.89. The summed E-state index contributed by atoms with van der Waals surface area (Å²) in [5.41, 5.74) is 2.25. The molecule has 1 aliphatic heterocycles. The molecule has 0 unspecified atom stereocenters. The summed E-state index contributed by atoms with van der Waals surface area (Å²) in [6.07, 6.45) is 1.47. The van der Waals surface area contributed by atoms with Gasteiger partial charge in [0.1, 0.15) is 11.5 Å². The minimum Gasteiger partial charge on any atom is -0.507 e. The van der Waals surface area contributed by atoms with Crippen molar-refractivity contribution in [3.05, 3.63) is 47.0 Å². The van der Waals surface area contributed by atoms with Gasteiger partial charge in [-0.15, -0.1) is 0 Å². The van der Waals surface area contributed by atoms with E-state index in [4.69, 9.17) is 0 Å². The first-order valence-corrected chi connectivity index (χ1v) is 7.24. The maximum absolute atomic E-state index is 11.8. The molecule has 0 atom stereocenters. The van der Waals surface area contributed by atoms with E-state index < -0.39 is 0 Å². The predicted octanol–water partition coefficient (Wildman–Crippen LogP) is 3.55. The number of fused-ring (bicyclic) bond motifs is 2. The van der Waals surface area contributed by atoms with E-state index in [1.54, 1.807) is 0 Å². The van der Waals surface area contributed by atoms with E-state index in [9.17, 15) is 15.0 Å². The van der Waals surface area contributed by atoms with Crippen LogP contribution >= 0.6 is 11.8 Å². The molecule has 0 amide bonds. The lowest BCUT2D eigenvalue weighted by Crippen LogP contribution is -2.00. The van der Waals surface area contributed by atoms with E-state index in [2.05, 4.69) is 6.07 Å². The number of phenolic OH excluding ortho intramolecular Hbond substituents is 2. The third kappa shape index (κ3) is 2.06. The monoisotopic (exact) mass is 286 g/mol. The molecule has 1 aliphatic rings. The van der Waals surface area contributed by atoms with Crippen molar-refractivity contribution >= 4 is 17.5 Å². The van der Waals surface area contributed by atoms with Crippen LogP contribution in [0.3, 0.4) is 0 Å². The Labute approximate surface area is 121 Å². The highest BCUT2D eigenvalue weighted by atomic mass is 32.2. The minimum absolute atomic E-state index is 0.0582. The van der Waals surface area contributed by atoms with Crippen LogP contribution in [0.25, 0.3) is 0 Å². The average Bonchev–Trinajstić information content (AvgIpc) is 2.57. The molecule has 1 heterocycles. The van der Waals surface area contributed by atoms with Gasteiger partial charge < -0.3 is 10.2 Å². The number of rotatable bonds is 1. The molecule has 2 aromatic carbocycles. The highest BCUT2D eigenvalue weighted by Gasteiger charge is 2.24. The second-order valence-corrected chi connectivity index (χ2v) is 5.92. The van der Waals surface area contributed by atoms with E-state index in [0.717, 1.165) is 16.9 Å². The molecule has 2 aromatic rings. The smallest absolute Gasteiger partial charge is 0.164 e. The second-order valence-electron chi connectivity index (χ2n) is 4.86. The van der Waals surface area contributed by atoms with Crippen LogP contribution in [0.2, 0.25) is 0 Å². The Kier molecular flexibility index (Phi) is 3.18. The summed E-state index contributed by atoms with van der Waals surface area (Å²) >= 11 is 1.45. The van der Waals surface area contributed by atoms with Crippen LogP contribution in [0, 0.1) is 0 Å². The summed E-state index contributed by atoms with van der Waals surface area (Å²) in [5, 5.41) is 20.0. The molecule has 4 heteroatoms. The molecule has 0 saturated carbocycles. The molecule has 0 spiro atoms. The molecule has 0 radical (unpaired) electrons. The van der Waals surface area contributed by atoms with Crippen molar-refractivity contribution in [2.75, 3.05) is 0 Å². The van der Waals surface area contributed by atoms with Crippen molar-refractivity contribution in [3.63, 3.8) is 0 Å². The predicted molar refractivity (Wildman–Crippen MR) is 77.7 cm³/mol. The minimum atomic E-state index is -0.189. The molecule has 20 heavy (non-hydrogen) atoms. The molecule has 2 N–H and O–H groups in total. The van der Waals surface area contributed by atoms with E-state index in [1.165, 1.54) is 30.3 Å². The van der Waals surface area contributed by atoms with Crippen molar-refractivity contribution in [3.8, 4) is 11.5 Å². The van der Waals surface area contributed by atoms with Gasteiger partial charge in [-0.3, -0.25) is 4.79 Å². The van der Waals surface area contributed by atoms with E-state index >= 15 is 0 Å². The lowest BCUT2D eigenvalue weighted by molar-refractivity contribution is 0.101. The normalized spacial score (nSPS) is 13.2. The van der Waals surface area contributed by atoms with Crippen molar-refractivity contribution < 1.29 is 15.0 Å². The fourth-order valence-electron chi connectivity index (χ4n) is 2.55. The zero-order chi connectivity index (χ0) is 14.3. The van der Waals surface area contributed by atoms with Gasteiger partial charge in [-0.25, -0.2) is 0 Å². The van der Waals surface area contributed by atoms with E-state index in [0.29, 0.717) is 16.9 Å². The second kappa shape index (κ2) is 4.87. The van der Waals surface area contributed by atoms with Crippen LogP contribution in [0.5, 0.6) is 11.5 Å². The van der Waals surface area contributed by atoms with Crippen molar-refractivity contribution in [2.45, 2.75) is 29.6 Å². The van der Waals surface area contributed by atoms with Crippen LogP contribution in [-0.2, 0) is 12.8 Å². The van der Waals surface area contributed by atoms with Gasteiger partial charge in [0.2, 0.25) is 0 Å². The number of ketones is 1. The molecular weight excluding hydrogens is 272 g/mol. The number of carbonyl (C=O) groups is 1. The lowest BCUT2D eigenvalue weighted by Gasteiger charge is -2.13. The summed E-state index contributed by atoms with van der Waals surface area (Å²) in [7, 11) is 0. The van der Waals surface area contributed by atoms with Crippen LogP contribution in [-0.4, -0.2) is 16.0 Å². The first kappa shape index (κ1) is 13.1. The molecule has 0 fully saturated rings. The molecule has 0 aliphatic carbocycles. The van der Waals surface area contributed by atoms with E-state index in [1.807, 2.05) is 18.2 Å². The van der Waals surface area contributed by atoms with Crippen LogP contribution in [0.15, 0.2) is 40.1 Å². The number of carbonyl (C=O) groups excluding carboxylic acids is 1. The standard InChI is InChI=1S/C16H14O3S/c1-9(17)15-13(19)8-12(18)11-7-6-10-4-2-3-5-14(10)20-16(11)15/h2-5,8,18-19H,6-7H2,1H3. The van der Waals surface area contributed by atoms with Gasteiger partial charge in [0.25, 0.3) is 0 Å². The van der Waals surface area contributed by atoms with Crippen molar-refractivity contribution in [1.29, 1.82) is 0 Å². The quantitative estimate of drug-likeness (QED) is 0.787. The Morgan fingerprint density at radius 3 is 2.65 bits per heavy atom. The van der Waals surface area contributed by atoms with Crippen LogP contribution < -0.4 is 0 Å². The van der Waals surface area contributed by atoms with Gasteiger partial charge in [-0.05, 0) is 31.4 Å². The largest absolute Gasteiger partial charge is 0.507 e. The SMILES string of the molecule is CC(=O)c1c(O)cc(O)c2c1Sc1ccccc1CC2. The van der Waals surface area contributed by atoms with Gasteiger partial charge in [0.05, 0.1) is 5.56 Å². The fraction of sp³-hybridized carbons (Fsp3) is 0.188. The van der Waals surface area contributed by atoms with Crippen molar-refractivity contribution in [1.82, 2.24) is 0 Å². The number of benzene rings is 2. The summed E-state index contributed by atoms with van der Waals surface area (Å²) in [6, 6.07) is 9.26. The maximum atomic E-state index is 11.8. The number of phenols is 2.